The van der Waals surface area contributed by atoms with Crippen molar-refractivity contribution in [2.24, 2.45) is 5.73 Å². The summed E-state index contributed by atoms with van der Waals surface area (Å²) >= 11 is 5.74. The van der Waals surface area contributed by atoms with Gasteiger partial charge in [-0.2, -0.15) is 0 Å². The van der Waals surface area contributed by atoms with Gasteiger partial charge in [-0.25, -0.2) is 0 Å². The van der Waals surface area contributed by atoms with Gasteiger partial charge in [0.15, 0.2) is 0 Å². The zero-order valence-electron chi connectivity index (χ0n) is 9.47. The third kappa shape index (κ3) is 4.15. The van der Waals surface area contributed by atoms with Crippen molar-refractivity contribution in [3.63, 3.8) is 0 Å². The largest absolute Gasteiger partial charge is 0.480 e. The Labute approximate surface area is 105 Å². The number of aliphatic carboxylic acids is 1. The average Bonchev–Trinajstić information content (AvgIpc) is 2.26. The molecular weight excluding hydrogens is 261 g/mol. The predicted molar refractivity (Wildman–Crippen MR) is 69.7 cm³/mol. The summed E-state index contributed by atoms with van der Waals surface area (Å²) in [4.78, 5) is 10.6. The smallest absolute Gasteiger partial charge is 0.320 e. The molecule has 17 heavy (non-hydrogen) atoms. The highest BCUT2D eigenvalue weighted by molar-refractivity contribution is 7.70. The standard InChI is InChI=1S/C11H15ClNO3P/c1-17(16,7-6-10(13)11(14)15)9-4-2-8(12)3-5-9/h2-5,10H,6-7,13H2,1H3,(H,14,15). The van der Waals surface area contributed by atoms with Gasteiger partial charge in [-0.05, 0) is 25.2 Å². The van der Waals surface area contributed by atoms with Crippen molar-refractivity contribution in [2.45, 2.75) is 12.5 Å². The summed E-state index contributed by atoms with van der Waals surface area (Å²) in [5.74, 6) is -1.07. The van der Waals surface area contributed by atoms with Crippen LogP contribution in [0.4, 0.5) is 0 Å². The Morgan fingerprint density at radius 1 is 1.47 bits per heavy atom. The molecule has 6 heteroatoms. The fraction of sp³-hybridized carbons (Fsp3) is 0.364. The molecule has 1 aromatic carbocycles. The van der Waals surface area contributed by atoms with Gasteiger partial charge in [-0.15, -0.1) is 0 Å². The molecule has 0 saturated heterocycles. The normalized spacial score (nSPS) is 16.2. The maximum absolute atomic E-state index is 12.4. The lowest BCUT2D eigenvalue weighted by Gasteiger charge is -2.14. The van der Waals surface area contributed by atoms with Gasteiger partial charge in [-0.1, -0.05) is 23.7 Å². The Kier molecular flexibility index (Phi) is 4.75. The van der Waals surface area contributed by atoms with E-state index in [9.17, 15) is 9.36 Å². The number of carboxylic acids is 1. The maximum Gasteiger partial charge on any atom is 0.320 e. The fourth-order valence-corrected chi connectivity index (χ4v) is 3.33. The first-order valence-electron chi connectivity index (χ1n) is 5.14. The van der Waals surface area contributed by atoms with Gasteiger partial charge >= 0.3 is 5.97 Å². The lowest BCUT2D eigenvalue weighted by molar-refractivity contribution is -0.138. The van der Waals surface area contributed by atoms with Gasteiger partial charge in [0.1, 0.15) is 13.2 Å². The second-order valence-corrected chi connectivity index (χ2v) is 7.64. The van der Waals surface area contributed by atoms with Crippen molar-refractivity contribution in [3.8, 4) is 0 Å². The minimum Gasteiger partial charge on any atom is -0.480 e. The molecule has 0 amide bonds. The van der Waals surface area contributed by atoms with Crippen LogP contribution in [0.3, 0.4) is 0 Å². The molecule has 1 aromatic rings. The van der Waals surface area contributed by atoms with Gasteiger partial charge in [0.05, 0.1) is 0 Å². The molecule has 0 fully saturated rings. The van der Waals surface area contributed by atoms with Gasteiger partial charge in [-0.3, -0.25) is 4.79 Å². The summed E-state index contributed by atoms with van der Waals surface area (Å²) < 4.78 is 12.4. The summed E-state index contributed by atoms with van der Waals surface area (Å²) in [6.07, 6.45) is 0.480. The second kappa shape index (κ2) is 5.67. The highest BCUT2D eigenvalue weighted by atomic mass is 35.5. The number of nitrogens with two attached hydrogens (primary N) is 1. The molecule has 3 N–H and O–H groups in total. The van der Waals surface area contributed by atoms with Crippen molar-refractivity contribution in [1.82, 2.24) is 0 Å². The van der Waals surface area contributed by atoms with E-state index in [4.69, 9.17) is 22.4 Å². The highest BCUT2D eigenvalue weighted by Crippen LogP contribution is 2.40. The first-order chi connectivity index (χ1) is 7.83. The van der Waals surface area contributed by atoms with Crippen LogP contribution in [-0.4, -0.2) is 29.9 Å². The zero-order valence-corrected chi connectivity index (χ0v) is 11.1. The monoisotopic (exact) mass is 275 g/mol. The molecule has 1 rings (SSSR count). The van der Waals surface area contributed by atoms with Crippen LogP contribution in [0.15, 0.2) is 24.3 Å². The third-order valence-corrected chi connectivity index (χ3v) is 5.31. The molecule has 0 bridgehead atoms. The molecule has 0 aromatic heterocycles. The van der Waals surface area contributed by atoms with E-state index < -0.39 is 19.2 Å². The predicted octanol–water partition coefficient (Wildman–Crippen LogP) is 1.76. The molecule has 4 nitrogen and oxygen atoms in total. The molecular formula is C11H15ClNO3P. The van der Waals surface area contributed by atoms with E-state index in [2.05, 4.69) is 0 Å². The van der Waals surface area contributed by atoms with Gasteiger partial charge in [0, 0.05) is 16.5 Å². The van der Waals surface area contributed by atoms with Crippen molar-refractivity contribution in [1.29, 1.82) is 0 Å². The van der Waals surface area contributed by atoms with E-state index in [-0.39, 0.29) is 12.6 Å². The molecule has 0 radical (unpaired) electrons. The van der Waals surface area contributed by atoms with Crippen LogP contribution in [0.5, 0.6) is 0 Å². The van der Waals surface area contributed by atoms with E-state index >= 15 is 0 Å². The Morgan fingerprint density at radius 2 is 2.00 bits per heavy atom. The summed E-state index contributed by atoms with van der Waals surface area (Å²) in [7, 11) is -2.56. The maximum atomic E-state index is 12.4. The van der Waals surface area contributed by atoms with Crippen LogP contribution in [0, 0.1) is 0 Å². The summed E-state index contributed by atoms with van der Waals surface area (Å²) in [5, 5.41) is 9.93. The zero-order chi connectivity index (χ0) is 13.1. The fourth-order valence-electron chi connectivity index (χ4n) is 1.39. The summed E-state index contributed by atoms with van der Waals surface area (Å²) in [6, 6.07) is 5.79. The number of carboxylic acid groups (broad SMARTS) is 1. The molecule has 0 aliphatic heterocycles. The first-order valence-corrected chi connectivity index (χ1v) is 7.86. The van der Waals surface area contributed by atoms with Crippen molar-refractivity contribution in [2.75, 3.05) is 12.8 Å². The van der Waals surface area contributed by atoms with Crippen LogP contribution in [-0.2, 0) is 9.36 Å². The van der Waals surface area contributed by atoms with Crippen molar-refractivity contribution >= 4 is 30.0 Å². The minimum atomic E-state index is -2.56. The van der Waals surface area contributed by atoms with Gasteiger partial charge in [0.2, 0.25) is 0 Å². The molecule has 0 heterocycles. The van der Waals surface area contributed by atoms with Gasteiger partial charge < -0.3 is 15.4 Å². The van der Waals surface area contributed by atoms with E-state index in [1.165, 1.54) is 0 Å². The van der Waals surface area contributed by atoms with Crippen molar-refractivity contribution < 1.29 is 14.5 Å². The molecule has 94 valence electrons. The third-order valence-electron chi connectivity index (χ3n) is 2.56. The topological polar surface area (TPSA) is 80.4 Å². The number of halogens is 1. The SMILES string of the molecule is CP(=O)(CCC(N)C(=O)O)c1ccc(Cl)cc1. The number of carbonyl (C=O) groups is 1. The molecule has 0 aliphatic rings. The quantitative estimate of drug-likeness (QED) is 0.803. The molecule has 0 saturated carbocycles. The second-order valence-electron chi connectivity index (χ2n) is 4.03. The lowest BCUT2D eigenvalue weighted by Crippen LogP contribution is -2.31. The van der Waals surface area contributed by atoms with E-state index in [1.807, 2.05) is 0 Å². The van der Waals surface area contributed by atoms with Gasteiger partial charge in [0.25, 0.3) is 0 Å². The number of benzene rings is 1. The van der Waals surface area contributed by atoms with Crippen LogP contribution >= 0.6 is 18.7 Å². The Bertz CT molecular complexity index is 447. The minimum absolute atomic E-state index is 0.200. The van der Waals surface area contributed by atoms with E-state index in [1.54, 1.807) is 30.9 Å². The molecule has 2 unspecified atom stereocenters. The Hall–Kier alpha value is -0.830. The molecule has 2 atom stereocenters. The average molecular weight is 276 g/mol. The summed E-state index contributed by atoms with van der Waals surface area (Å²) in [6.45, 7) is 1.63. The highest BCUT2D eigenvalue weighted by Gasteiger charge is 2.21. The molecule has 0 aliphatic carbocycles. The van der Waals surface area contributed by atoms with E-state index in [0.29, 0.717) is 10.3 Å². The first kappa shape index (κ1) is 14.2. The number of rotatable bonds is 5. The molecule has 0 spiro atoms. The number of hydrogen-bond donors (Lipinski definition) is 2. The van der Waals surface area contributed by atoms with Crippen LogP contribution in [0.2, 0.25) is 5.02 Å². The Balaban J connectivity index is 2.72. The Morgan fingerprint density at radius 3 is 2.47 bits per heavy atom. The van der Waals surface area contributed by atoms with Crippen LogP contribution in [0.25, 0.3) is 0 Å². The van der Waals surface area contributed by atoms with Crippen LogP contribution < -0.4 is 11.0 Å². The van der Waals surface area contributed by atoms with Crippen LogP contribution in [0.1, 0.15) is 6.42 Å². The van der Waals surface area contributed by atoms with E-state index in [0.717, 1.165) is 0 Å². The summed E-state index contributed by atoms with van der Waals surface area (Å²) in [5.41, 5.74) is 5.38. The lowest BCUT2D eigenvalue weighted by atomic mass is 10.2. The number of hydrogen-bond acceptors (Lipinski definition) is 3. The van der Waals surface area contributed by atoms with Crippen molar-refractivity contribution in [3.05, 3.63) is 29.3 Å².